The summed E-state index contributed by atoms with van der Waals surface area (Å²) >= 11 is 1.76. The van der Waals surface area contributed by atoms with E-state index in [1.165, 1.54) is 10.7 Å². The van der Waals surface area contributed by atoms with E-state index in [9.17, 15) is 0 Å². The summed E-state index contributed by atoms with van der Waals surface area (Å²) in [5.41, 5.74) is 2.39. The molecule has 21 heavy (non-hydrogen) atoms. The highest BCUT2D eigenvalue weighted by atomic mass is 32.1. The zero-order chi connectivity index (χ0) is 14.7. The molecule has 2 aromatic heterocycles. The average Bonchev–Trinajstić information content (AvgIpc) is 3.10. The van der Waals surface area contributed by atoms with Crippen LogP contribution in [0.5, 0.6) is 0 Å². The van der Waals surface area contributed by atoms with Crippen LogP contribution in [-0.2, 0) is 13.1 Å². The van der Waals surface area contributed by atoms with Crippen LogP contribution >= 0.6 is 11.3 Å². The van der Waals surface area contributed by atoms with Crippen molar-refractivity contribution >= 4 is 11.3 Å². The standard InChI is InChI=1S/C15H22N4OS/c1-12-11-21-15(17-12)10-18-6-3-13(4-7-18)14-2-5-16-19(14)8-9-20/h2,5,11,13,20H,3-4,6-10H2,1H3. The summed E-state index contributed by atoms with van der Waals surface area (Å²) in [7, 11) is 0. The van der Waals surface area contributed by atoms with Crippen molar-refractivity contribution in [1.29, 1.82) is 0 Å². The smallest absolute Gasteiger partial charge is 0.107 e. The largest absolute Gasteiger partial charge is 0.394 e. The summed E-state index contributed by atoms with van der Waals surface area (Å²) in [4.78, 5) is 7.03. The molecule has 2 aromatic rings. The van der Waals surface area contributed by atoms with Gasteiger partial charge in [0, 0.05) is 28.9 Å². The topological polar surface area (TPSA) is 54.2 Å². The third-order valence-electron chi connectivity index (χ3n) is 4.09. The minimum absolute atomic E-state index is 0.150. The average molecular weight is 306 g/mol. The van der Waals surface area contributed by atoms with Gasteiger partial charge in [0.05, 0.1) is 19.7 Å². The molecule has 6 heteroatoms. The minimum Gasteiger partial charge on any atom is -0.394 e. The quantitative estimate of drug-likeness (QED) is 0.918. The highest BCUT2D eigenvalue weighted by Crippen LogP contribution is 2.28. The Hall–Kier alpha value is -1.24. The molecule has 0 atom stereocenters. The molecule has 0 radical (unpaired) electrons. The third kappa shape index (κ3) is 3.51. The van der Waals surface area contributed by atoms with Crippen LogP contribution in [-0.4, -0.2) is 44.5 Å². The van der Waals surface area contributed by atoms with E-state index in [-0.39, 0.29) is 6.61 Å². The zero-order valence-corrected chi connectivity index (χ0v) is 13.2. The van der Waals surface area contributed by atoms with Crippen LogP contribution in [0.2, 0.25) is 0 Å². The van der Waals surface area contributed by atoms with E-state index in [4.69, 9.17) is 5.11 Å². The lowest BCUT2D eigenvalue weighted by Crippen LogP contribution is -2.33. The summed E-state index contributed by atoms with van der Waals surface area (Å²) in [5, 5.41) is 16.7. The van der Waals surface area contributed by atoms with Crippen LogP contribution in [0.15, 0.2) is 17.6 Å². The molecule has 0 saturated carbocycles. The number of likely N-dealkylation sites (tertiary alicyclic amines) is 1. The number of piperidine rings is 1. The normalized spacial score (nSPS) is 17.4. The molecule has 1 aliphatic heterocycles. The molecule has 3 heterocycles. The second kappa shape index (κ2) is 6.68. The molecule has 1 aliphatic rings. The highest BCUT2D eigenvalue weighted by Gasteiger charge is 2.23. The lowest BCUT2D eigenvalue weighted by Gasteiger charge is -2.31. The maximum Gasteiger partial charge on any atom is 0.107 e. The molecule has 1 N–H and O–H groups in total. The molecule has 0 aromatic carbocycles. The van der Waals surface area contributed by atoms with Crippen LogP contribution in [0.25, 0.3) is 0 Å². The Morgan fingerprint density at radius 1 is 1.38 bits per heavy atom. The zero-order valence-electron chi connectivity index (χ0n) is 12.4. The van der Waals surface area contributed by atoms with Gasteiger partial charge in [-0.05, 0) is 38.9 Å². The Balaban J connectivity index is 1.56. The molecule has 0 bridgehead atoms. The van der Waals surface area contributed by atoms with Crippen LogP contribution in [0.4, 0.5) is 0 Å². The van der Waals surface area contributed by atoms with E-state index in [1.807, 2.05) is 10.9 Å². The summed E-state index contributed by atoms with van der Waals surface area (Å²) in [6.07, 6.45) is 4.15. The lowest BCUT2D eigenvalue weighted by molar-refractivity contribution is 0.198. The number of rotatable bonds is 5. The first kappa shape index (κ1) is 14.7. The molecule has 5 nitrogen and oxygen atoms in total. The van der Waals surface area contributed by atoms with Crippen LogP contribution < -0.4 is 0 Å². The number of aliphatic hydroxyl groups is 1. The Kier molecular flexibility index (Phi) is 4.67. The van der Waals surface area contributed by atoms with Gasteiger partial charge in [0.1, 0.15) is 5.01 Å². The molecule has 3 rings (SSSR count). The third-order valence-corrected chi connectivity index (χ3v) is 5.04. The van der Waals surface area contributed by atoms with Crippen LogP contribution in [0, 0.1) is 6.92 Å². The van der Waals surface area contributed by atoms with Gasteiger partial charge in [0.15, 0.2) is 0 Å². The van der Waals surface area contributed by atoms with Gasteiger partial charge in [-0.15, -0.1) is 11.3 Å². The van der Waals surface area contributed by atoms with Crippen molar-refractivity contribution in [1.82, 2.24) is 19.7 Å². The second-order valence-corrected chi connectivity index (χ2v) is 6.58. The molecular weight excluding hydrogens is 284 g/mol. The van der Waals surface area contributed by atoms with Gasteiger partial charge in [-0.1, -0.05) is 0 Å². The molecule has 1 saturated heterocycles. The Morgan fingerprint density at radius 3 is 2.86 bits per heavy atom. The number of nitrogens with zero attached hydrogens (tertiary/aromatic N) is 4. The second-order valence-electron chi connectivity index (χ2n) is 5.64. The monoisotopic (exact) mass is 306 g/mol. The van der Waals surface area contributed by atoms with Gasteiger partial charge in [-0.2, -0.15) is 5.10 Å². The molecule has 0 unspecified atom stereocenters. The first-order valence-electron chi connectivity index (χ1n) is 7.52. The van der Waals surface area contributed by atoms with E-state index < -0.39 is 0 Å². The summed E-state index contributed by atoms with van der Waals surface area (Å²) < 4.78 is 1.95. The molecule has 0 aliphatic carbocycles. The Labute approximate surface area is 129 Å². The van der Waals surface area contributed by atoms with Gasteiger partial charge in [-0.25, -0.2) is 4.98 Å². The van der Waals surface area contributed by atoms with Crippen molar-refractivity contribution in [2.24, 2.45) is 0 Å². The van der Waals surface area contributed by atoms with E-state index in [0.717, 1.165) is 38.2 Å². The summed E-state index contributed by atoms with van der Waals surface area (Å²) in [5.74, 6) is 0.563. The van der Waals surface area contributed by atoms with E-state index in [1.54, 1.807) is 11.3 Å². The van der Waals surface area contributed by atoms with Crippen molar-refractivity contribution in [3.63, 3.8) is 0 Å². The number of hydrogen-bond donors (Lipinski definition) is 1. The lowest BCUT2D eigenvalue weighted by atomic mass is 9.93. The van der Waals surface area contributed by atoms with Crippen molar-refractivity contribution in [3.8, 4) is 0 Å². The van der Waals surface area contributed by atoms with Gasteiger partial charge in [-0.3, -0.25) is 9.58 Å². The van der Waals surface area contributed by atoms with E-state index >= 15 is 0 Å². The van der Waals surface area contributed by atoms with E-state index in [2.05, 4.69) is 33.4 Å². The number of thiazole rings is 1. The minimum atomic E-state index is 0.150. The highest BCUT2D eigenvalue weighted by molar-refractivity contribution is 7.09. The summed E-state index contributed by atoms with van der Waals surface area (Å²) in [6.45, 7) is 5.98. The fourth-order valence-electron chi connectivity index (χ4n) is 3.02. The number of hydrogen-bond acceptors (Lipinski definition) is 5. The first-order chi connectivity index (χ1) is 10.3. The first-order valence-corrected chi connectivity index (χ1v) is 8.40. The van der Waals surface area contributed by atoms with Crippen molar-refractivity contribution < 1.29 is 5.11 Å². The summed E-state index contributed by atoms with van der Waals surface area (Å²) in [6, 6.07) is 2.10. The van der Waals surface area contributed by atoms with Crippen molar-refractivity contribution in [2.75, 3.05) is 19.7 Å². The van der Waals surface area contributed by atoms with Gasteiger partial charge < -0.3 is 5.11 Å². The predicted molar refractivity (Wildman–Crippen MR) is 83.4 cm³/mol. The van der Waals surface area contributed by atoms with Gasteiger partial charge >= 0.3 is 0 Å². The van der Waals surface area contributed by atoms with Crippen molar-refractivity contribution in [2.45, 2.75) is 38.8 Å². The maximum atomic E-state index is 9.09. The molecule has 0 amide bonds. The molecule has 0 spiro atoms. The fourth-order valence-corrected chi connectivity index (χ4v) is 3.84. The SMILES string of the molecule is Cc1csc(CN2CCC(c3ccnn3CCO)CC2)n1. The van der Waals surface area contributed by atoms with Crippen LogP contribution in [0.3, 0.4) is 0 Å². The maximum absolute atomic E-state index is 9.09. The number of aryl methyl sites for hydroxylation is 1. The molecular formula is C15H22N4OS. The Morgan fingerprint density at radius 2 is 2.19 bits per heavy atom. The molecule has 114 valence electrons. The van der Waals surface area contributed by atoms with Crippen LogP contribution in [0.1, 0.15) is 35.2 Å². The van der Waals surface area contributed by atoms with E-state index in [0.29, 0.717) is 12.5 Å². The Bertz CT molecular complexity index is 572. The van der Waals surface area contributed by atoms with Gasteiger partial charge in [0.25, 0.3) is 0 Å². The predicted octanol–water partition coefficient (Wildman–Crippen LogP) is 2.02. The molecule has 1 fully saturated rings. The fraction of sp³-hybridized carbons (Fsp3) is 0.600. The van der Waals surface area contributed by atoms with Gasteiger partial charge in [0.2, 0.25) is 0 Å². The number of aromatic nitrogens is 3. The number of aliphatic hydroxyl groups excluding tert-OH is 1. The van der Waals surface area contributed by atoms with Crippen molar-refractivity contribution in [3.05, 3.63) is 34.0 Å².